The molecule has 0 radical (unpaired) electrons. The molecule has 3 aromatic heterocycles. The van der Waals surface area contributed by atoms with Crippen molar-refractivity contribution in [3.8, 4) is 0 Å². The molecule has 0 aliphatic carbocycles. The maximum Gasteiger partial charge on any atom is 0.225 e. The van der Waals surface area contributed by atoms with E-state index in [1.54, 1.807) is 18.5 Å². The fraction of sp³-hybridized carbons (Fsp3) is 0.458. The average Bonchev–Trinajstić information content (AvgIpc) is 3.41. The Kier molecular flexibility index (Phi) is 6.21. The summed E-state index contributed by atoms with van der Waals surface area (Å²) in [6, 6.07) is 5.64. The molecular weight excluding hydrogens is 404 g/mol. The number of fused-ring (bicyclic) bond motifs is 1. The number of likely N-dealkylation sites (tertiary alicyclic amines) is 1. The van der Waals surface area contributed by atoms with Crippen molar-refractivity contribution in [1.29, 1.82) is 0 Å². The van der Waals surface area contributed by atoms with E-state index in [0.29, 0.717) is 25.1 Å². The molecule has 4 heterocycles. The van der Waals surface area contributed by atoms with Crippen molar-refractivity contribution in [2.75, 3.05) is 18.4 Å². The molecule has 1 fully saturated rings. The summed E-state index contributed by atoms with van der Waals surface area (Å²) in [5, 5.41) is 7.71. The summed E-state index contributed by atoms with van der Waals surface area (Å²) in [6.07, 6.45) is 5.16. The zero-order valence-electron chi connectivity index (χ0n) is 19.1. The summed E-state index contributed by atoms with van der Waals surface area (Å²) in [7, 11) is 0. The lowest BCUT2D eigenvalue weighted by Crippen LogP contribution is -2.32. The topological polar surface area (TPSA) is 92.5 Å². The van der Waals surface area contributed by atoms with Crippen LogP contribution >= 0.6 is 0 Å². The second-order valence-electron chi connectivity index (χ2n) is 8.81. The lowest BCUT2D eigenvalue weighted by atomic mass is 10.1. The molecule has 1 aliphatic rings. The van der Waals surface area contributed by atoms with Gasteiger partial charge in [-0.15, -0.1) is 0 Å². The predicted octanol–water partition coefficient (Wildman–Crippen LogP) is 3.28. The minimum atomic E-state index is -0.0566. The minimum Gasteiger partial charge on any atom is -0.342 e. The molecule has 168 valence electrons. The van der Waals surface area contributed by atoms with E-state index in [-0.39, 0.29) is 23.7 Å². The normalized spacial score (nSPS) is 16.2. The number of carbonyl (C=O) groups is 2. The van der Waals surface area contributed by atoms with Gasteiger partial charge in [0.05, 0.1) is 17.6 Å². The van der Waals surface area contributed by atoms with Gasteiger partial charge < -0.3 is 10.2 Å². The van der Waals surface area contributed by atoms with Crippen LogP contribution in [-0.4, -0.2) is 49.4 Å². The Balaban J connectivity index is 1.48. The number of amides is 2. The van der Waals surface area contributed by atoms with Crippen LogP contribution in [0.3, 0.4) is 0 Å². The van der Waals surface area contributed by atoms with Crippen LogP contribution in [-0.2, 0) is 16.0 Å². The van der Waals surface area contributed by atoms with Gasteiger partial charge in [0, 0.05) is 55.0 Å². The third-order valence-electron chi connectivity index (χ3n) is 6.14. The molecule has 0 spiro atoms. The van der Waals surface area contributed by atoms with Gasteiger partial charge in [-0.1, -0.05) is 13.8 Å². The first-order chi connectivity index (χ1) is 15.3. The Bertz CT molecular complexity index is 1140. The molecule has 0 saturated carbocycles. The lowest BCUT2D eigenvalue weighted by molar-refractivity contribution is -0.133. The van der Waals surface area contributed by atoms with Crippen LogP contribution in [0.1, 0.15) is 55.3 Å². The molecule has 0 aromatic carbocycles. The van der Waals surface area contributed by atoms with E-state index < -0.39 is 0 Å². The molecule has 0 bridgehead atoms. The number of rotatable bonds is 6. The molecule has 8 heteroatoms. The second kappa shape index (κ2) is 9.06. The summed E-state index contributed by atoms with van der Waals surface area (Å²) < 4.78 is 1.88. The summed E-state index contributed by atoms with van der Waals surface area (Å²) in [5.41, 5.74) is 5.44. The van der Waals surface area contributed by atoms with E-state index in [4.69, 9.17) is 10.1 Å². The highest BCUT2D eigenvalue weighted by Gasteiger charge is 2.30. The van der Waals surface area contributed by atoms with Crippen LogP contribution in [0.25, 0.3) is 5.65 Å². The standard InChI is InChI=1S/C24H30N6O2/c1-15(2)24(32)29-11-9-18(14-29)21-12-22-26-16(3)20(17(4)30(22)28-21)7-8-23(31)27-19-6-5-10-25-13-19/h5-6,10,12-13,15,18H,7-9,11,14H2,1-4H3,(H,27,31). The van der Waals surface area contributed by atoms with Crippen LogP contribution in [0.2, 0.25) is 0 Å². The number of anilines is 1. The van der Waals surface area contributed by atoms with Crippen LogP contribution in [0.5, 0.6) is 0 Å². The van der Waals surface area contributed by atoms with Gasteiger partial charge in [-0.05, 0) is 44.4 Å². The van der Waals surface area contributed by atoms with Gasteiger partial charge in [0.1, 0.15) is 0 Å². The van der Waals surface area contributed by atoms with Crippen LogP contribution in [0.15, 0.2) is 30.6 Å². The molecule has 8 nitrogen and oxygen atoms in total. The summed E-state index contributed by atoms with van der Waals surface area (Å²) in [5.74, 6) is 0.388. The van der Waals surface area contributed by atoms with Gasteiger partial charge in [-0.3, -0.25) is 14.6 Å². The Hall–Kier alpha value is -3.29. The van der Waals surface area contributed by atoms with Crippen molar-refractivity contribution in [2.24, 2.45) is 5.92 Å². The molecular formula is C24H30N6O2. The van der Waals surface area contributed by atoms with Gasteiger partial charge in [0.2, 0.25) is 11.8 Å². The second-order valence-corrected chi connectivity index (χ2v) is 8.81. The summed E-state index contributed by atoms with van der Waals surface area (Å²) >= 11 is 0. The lowest BCUT2D eigenvalue weighted by Gasteiger charge is -2.18. The number of nitrogens with zero attached hydrogens (tertiary/aromatic N) is 5. The van der Waals surface area contributed by atoms with E-state index >= 15 is 0 Å². The molecule has 3 aromatic rings. The number of nitrogens with one attached hydrogen (secondary N) is 1. The first kappa shape index (κ1) is 21.9. The highest BCUT2D eigenvalue weighted by Crippen LogP contribution is 2.28. The number of aromatic nitrogens is 4. The van der Waals surface area contributed by atoms with E-state index in [0.717, 1.165) is 41.3 Å². The minimum absolute atomic E-state index is 0.0132. The fourth-order valence-electron chi connectivity index (χ4n) is 4.37. The van der Waals surface area contributed by atoms with Crippen molar-refractivity contribution in [1.82, 2.24) is 24.5 Å². The van der Waals surface area contributed by atoms with Crippen molar-refractivity contribution in [3.05, 3.63) is 53.2 Å². The highest BCUT2D eigenvalue weighted by atomic mass is 16.2. The zero-order valence-corrected chi connectivity index (χ0v) is 19.1. The molecule has 2 amide bonds. The van der Waals surface area contributed by atoms with Crippen molar-refractivity contribution < 1.29 is 9.59 Å². The Morgan fingerprint density at radius 2 is 2.09 bits per heavy atom. The largest absolute Gasteiger partial charge is 0.342 e. The molecule has 4 rings (SSSR count). The number of hydrogen-bond donors (Lipinski definition) is 1. The molecule has 1 aliphatic heterocycles. The first-order valence-electron chi connectivity index (χ1n) is 11.2. The van der Waals surface area contributed by atoms with E-state index in [2.05, 4.69) is 10.3 Å². The maximum absolute atomic E-state index is 12.4. The van der Waals surface area contributed by atoms with Crippen molar-refractivity contribution in [2.45, 2.75) is 52.9 Å². The highest BCUT2D eigenvalue weighted by molar-refractivity contribution is 5.90. The molecule has 1 saturated heterocycles. The van der Waals surface area contributed by atoms with E-state index in [1.165, 1.54) is 0 Å². The number of carbonyl (C=O) groups excluding carboxylic acids is 2. The average molecular weight is 435 g/mol. The molecule has 1 unspecified atom stereocenters. The van der Waals surface area contributed by atoms with Crippen LogP contribution < -0.4 is 5.32 Å². The first-order valence-corrected chi connectivity index (χ1v) is 11.2. The Labute approximate surface area is 188 Å². The summed E-state index contributed by atoms with van der Waals surface area (Å²) in [6.45, 7) is 9.37. The number of hydrogen-bond acceptors (Lipinski definition) is 5. The molecule has 1 atom stereocenters. The number of pyridine rings is 1. The quantitative estimate of drug-likeness (QED) is 0.643. The van der Waals surface area contributed by atoms with Gasteiger partial charge in [0.15, 0.2) is 5.65 Å². The third-order valence-corrected chi connectivity index (χ3v) is 6.14. The van der Waals surface area contributed by atoms with E-state index in [1.807, 2.05) is 49.2 Å². The molecule has 32 heavy (non-hydrogen) atoms. The summed E-state index contributed by atoms with van der Waals surface area (Å²) in [4.78, 5) is 35.4. The van der Waals surface area contributed by atoms with Crippen LogP contribution in [0.4, 0.5) is 5.69 Å². The Morgan fingerprint density at radius 3 is 2.81 bits per heavy atom. The third kappa shape index (κ3) is 4.49. The van der Waals surface area contributed by atoms with E-state index in [9.17, 15) is 9.59 Å². The molecule has 1 N–H and O–H groups in total. The van der Waals surface area contributed by atoms with Crippen LogP contribution in [0, 0.1) is 19.8 Å². The fourth-order valence-corrected chi connectivity index (χ4v) is 4.37. The number of aryl methyl sites for hydroxylation is 2. The maximum atomic E-state index is 12.4. The predicted molar refractivity (Wildman–Crippen MR) is 122 cm³/mol. The smallest absolute Gasteiger partial charge is 0.225 e. The van der Waals surface area contributed by atoms with Gasteiger partial charge in [-0.25, -0.2) is 9.50 Å². The van der Waals surface area contributed by atoms with Crippen molar-refractivity contribution >= 4 is 23.1 Å². The van der Waals surface area contributed by atoms with Gasteiger partial charge in [0.25, 0.3) is 0 Å². The van der Waals surface area contributed by atoms with Crippen molar-refractivity contribution in [3.63, 3.8) is 0 Å². The SMILES string of the molecule is Cc1nc2cc(C3CCN(C(=O)C(C)C)C3)nn2c(C)c1CCC(=O)Nc1cccnc1. The van der Waals surface area contributed by atoms with Gasteiger partial charge >= 0.3 is 0 Å². The Morgan fingerprint density at radius 1 is 1.28 bits per heavy atom. The monoisotopic (exact) mass is 434 g/mol. The van der Waals surface area contributed by atoms with Gasteiger partial charge in [-0.2, -0.15) is 5.10 Å². The zero-order chi connectivity index (χ0) is 22.8.